The van der Waals surface area contributed by atoms with Gasteiger partial charge in [-0.05, 0) is 54.6 Å². The third kappa shape index (κ3) is 5.59. The average molecular weight is 518 g/mol. The number of rotatable bonds is 8. The fraction of sp³-hybridized carbons (Fsp3) is 0.214. The zero-order valence-electron chi connectivity index (χ0n) is 20.1. The molecule has 5 rings (SSSR count). The monoisotopic (exact) mass is 518 g/mol. The average Bonchev–Trinajstić information content (AvgIpc) is 2.97. The van der Waals surface area contributed by atoms with Crippen LogP contribution in [0.2, 0.25) is 0 Å². The van der Waals surface area contributed by atoms with Gasteiger partial charge in [0.2, 0.25) is 0 Å². The Kier molecular flexibility index (Phi) is 7.21. The van der Waals surface area contributed by atoms with Crippen LogP contribution in [0.5, 0.6) is 23.0 Å². The Hall–Kier alpha value is -4.86. The maximum atomic E-state index is 12.5. The number of Topliss-reactive ketones (excluding diaryl/α,β-unsaturated/α-hetero) is 2. The largest absolute Gasteiger partial charge is 0.486 e. The zero-order chi connectivity index (χ0) is 26.5. The molecule has 0 atom stereocenters. The first-order chi connectivity index (χ1) is 18.5. The number of ketones is 2. The van der Waals surface area contributed by atoms with E-state index in [1.54, 1.807) is 24.3 Å². The normalized spacial score (nSPS) is 13.3. The molecule has 10 nitrogen and oxygen atoms in total. The Morgan fingerprint density at radius 3 is 1.39 bits per heavy atom. The highest BCUT2D eigenvalue weighted by Crippen LogP contribution is 2.32. The fourth-order valence-electron chi connectivity index (χ4n) is 3.80. The van der Waals surface area contributed by atoms with Crippen LogP contribution < -0.4 is 18.9 Å². The molecule has 38 heavy (non-hydrogen) atoms. The lowest BCUT2D eigenvalue weighted by Crippen LogP contribution is -2.18. The third-order valence-electron chi connectivity index (χ3n) is 5.73. The summed E-state index contributed by atoms with van der Waals surface area (Å²) in [4.78, 5) is 50.0. The first-order valence-corrected chi connectivity index (χ1v) is 11.8. The van der Waals surface area contributed by atoms with Gasteiger partial charge < -0.3 is 28.4 Å². The minimum atomic E-state index is -0.794. The topological polar surface area (TPSA) is 124 Å². The highest BCUT2D eigenvalue weighted by atomic mass is 16.6. The van der Waals surface area contributed by atoms with E-state index < -0.39 is 36.7 Å². The van der Waals surface area contributed by atoms with Crippen LogP contribution in [0, 0.1) is 0 Å². The van der Waals surface area contributed by atoms with Crippen molar-refractivity contribution in [2.45, 2.75) is 0 Å². The number of hydrogen-bond donors (Lipinski definition) is 0. The number of fused-ring (bicyclic) bond motifs is 2. The third-order valence-corrected chi connectivity index (χ3v) is 5.73. The second-order valence-electron chi connectivity index (χ2n) is 8.30. The SMILES string of the molecule is O=C(COC(=O)c1cccc(C(=O)OCC(=O)c2ccc3c(c2)OCCO3)c1)c1ccc2c(c1)OCCO2. The van der Waals surface area contributed by atoms with E-state index >= 15 is 0 Å². The van der Waals surface area contributed by atoms with Crippen molar-refractivity contribution < 1.29 is 47.6 Å². The first-order valence-electron chi connectivity index (χ1n) is 11.8. The van der Waals surface area contributed by atoms with Gasteiger partial charge >= 0.3 is 11.9 Å². The Labute approximate surface area is 217 Å². The Morgan fingerprint density at radius 2 is 0.947 bits per heavy atom. The summed E-state index contributed by atoms with van der Waals surface area (Å²) in [6, 6.07) is 15.1. The number of carbonyl (C=O) groups excluding carboxylic acids is 4. The number of esters is 2. The van der Waals surface area contributed by atoms with Gasteiger partial charge in [0, 0.05) is 11.1 Å². The molecule has 3 aromatic rings. The second kappa shape index (κ2) is 11.0. The van der Waals surface area contributed by atoms with Gasteiger partial charge in [0.1, 0.15) is 26.4 Å². The van der Waals surface area contributed by atoms with Gasteiger partial charge in [-0.2, -0.15) is 0 Å². The van der Waals surface area contributed by atoms with Gasteiger partial charge in [-0.1, -0.05) is 6.07 Å². The number of ether oxygens (including phenoxy) is 6. The molecule has 0 saturated carbocycles. The zero-order valence-corrected chi connectivity index (χ0v) is 20.1. The summed E-state index contributed by atoms with van der Waals surface area (Å²) in [6.07, 6.45) is 0. The molecule has 194 valence electrons. The molecule has 0 aromatic heterocycles. The molecule has 0 unspecified atom stereocenters. The van der Waals surface area contributed by atoms with Gasteiger partial charge in [0.25, 0.3) is 0 Å². The van der Waals surface area contributed by atoms with Crippen LogP contribution in [0.25, 0.3) is 0 Å². The molecular weight excluding hydrogens is 496 g/mol. The van der Waals surface area contributed by atoms with Crippen molar-refractivity contribution in [1.29, 1.82) is 0 Å². The number of hydrogen-bond acceptors (Lipinski definition) is 10. The van der Waals surface area contributed by atoms with Crippen molar-refractivity contribution in [3.8, 4) is 23.0 Å². The highest BCUT2D eigenvalue weighted by molar-refractivity contribution is 6.02. The quantitative estimate of drug-likeness (QED) is 0.324. The van der Waals surface area contributed by atoms with Crippen molar-refractivity contribution in [1.82, 2.24) is 0 Å². The molecule has 0 fully saturated rings. The van der Waals surface area contributed by atoms with E-state index in [2.05, 4.69) is 0 Å². The molecule has 2 aliphatic rings. The second-order valence-corrected chi connectivity index (χ2v) is 8.30. The van der Waals surface area contributed by atoms with E-state index in [1.165, 1.54) is 36.4 Å². The Morgan fingerprint density at radius 1 is 0.526 bits per heavy atom. The molecule has 10 heteroatoms. The standard InChI is InChI=1S/C28H22O10/c29-21(17-4-6-23-25(13-17)35-10-8-33-23)15-37-27(31)19-2-1-3-20(12-19)28(32)38-16-22(30)18-5-7-24-26(14-18)36-11-9-34-24/h1-7,12-14H,8-11,15-16H2. The summed E-state index contributed by atoms with van der Waals surface area (Å²) in [5.41, 5.74) is 0.712. The van der Waals surface area contributed by atoms with E-state index in [-0.39, 0.29) is 11.1 Å². The van der Waals surface area contributed by atoms with Crippen LogP contribution in [0.3, 0.4) is 0 Å². The lowest BCUT2D eigenvalue weighted by atomic mass is 10.1. The van der Waals surface area contributed by atoms with Crippen molar-refractivity contribution in [3.63, 3.8) is 0 Å². The van der Waals surface area contributed by atoms with Gasteiger partial charge in [-0.25, -0.2) is 9.59 Å². The van der Waals surface area contributed by atoms with Crippen molar-refractivity contribution >= 4 is 23.5 Å². The molecular formula is C28H22O10. The van der Waals surface area contributed by atoms with Crippen LogP contribution in [-0.2, 0) is 9.47 Å². The van der Waals surface area contributed by atoms with Crippen LogP contribution >= 0.6 is 0 Å². The minimum absolute atomic E-state index is 0.0487. The molecule has 2 aliphatic heterocycles. The van der Waals surface area contributed by atoms with Gasteiger partial charge in [0.05, 0.1) is 11.1 Å². The lowest BCUT2D eigenvalue weighted by molar-refractivity contribution is 0.0468. The maximum Gasteiger partial charge on any atom is 0.338 e. The fourth-order valence-corrected chi connectivity index (χ4v) is 3.80. The van der Waals surface area contributed by atoms with Crippen LogP contribution in [0.15, 0.2) is 60.7 Å². The molecule has 2 heterocycles. The number of benzene rings is 3. The van der Waals surface area contributed by atoms with Gasteiger partial charge in [-0.3, -0.25) is 9.59 Å². The molecule has 0 aliphatic carbocycles. The summed E-state index contributed by atoms with van der Waals surface area (Å²) in [6.45, 7) is 0.617. The lowest BCUT2D eigenvalue weighted by Gasteiger charge is -2.18. The van der Waals surface area contributed by atoms with Gasteiger partial charge in [-0.15, -0.1) is 0 Å². The molecule has 0 bridgehead atoms. The smallest absolute Gasteiger partial charge is 0.338 e. The van der Waals surface area contributed by atoms with E-state index in [1.807, 2.05) is 0 Å². The molecule has 0 N–H and O–H groups in total. The summed E-state index contributed by atoms with van der Waals surface area (Å²) < 4.78 is 32.1. The predicted molar refractivity (Wildman–Crippen MR) is 131 cm³/mol. The van der Waals surface area contributed by atoms with E-state index in [9.17, 15) is 19.2 Å². The molecule has 0 amide bonds. The highest BCUT2D eigenvalue weighted by Gasteiger charge is 2.19. The van der Waals surface area contributed by atoms with Crippen LogP contribution in [0.1, 0.15) is 41.4 Å². The van der Waals surface area contributed by atoms with E-state index in [4.69, 9.17) is 28.4 Å². The van der Waals surface area contributed by atoms with E-state index in [0.29, 0.717) is 60.6 Å². The summed E-state index contributed by atoms with van der Waals surface area (Å²) in [5, 5.41) is 0. The predicted octanol–water partition coefficient (Wildman–Crippen LogP) is 3.31. The Balaban J connectivity index is 1.15. The summed E-state index contributed by atoms with van der Waals surface area (Å²) >= 11 is 0. The molecule has 0 radical (unpaired) electrons. The van der Waals surface area contributed by atoms with Crippen LogP contribution in [0.4, 0.5) is 0 Å². The van der Waals surface area contributed by atoms with Crippen molar-refractivity contribution in [2.24, 2.45) is 0 Å². The first kappa shape index (κ1) is 24.8. The molecule has 0 saturated heterocycles. The summed E-state index contributed by atoms with van der Waals surface area (Å²) in [5.74, 6) is -0.454. The molecule has 3 aromatic carbocycles. The Bertz CT molecular complexity index is 1310. The van der Waals surface area contributed by atoms with Crippen molar-refractivity contribution in [3.05, 3.63) is 82.9 Å². The molecule has 0 spiro atoms. The maximum absolute atomic E-state index is 12.5. The van der Waals surface area contributed by atoms with Crippen LogP contribution in [-0.4, -0.2) is 63.1 Å². The summed E-state index contributed by atoms with van der Waals surface area (Å²) in [7, 11) is 0. The van der Waals surface area contributed by atoms with Crippen molar-refractivity contribution in [2.75, 3.05) is 39.6 Å². The number of carbonyl (C=O) groups is 4. The minimum Gasteiger partial charge on any atom is -0.486 e. The van der Waals surface area contributed by atoms with E-state index in [0.717, 1.165) is 0 Å². The van der Waals surface area contributed by atoms with Gasteiger partial charge in [0.15, 0.2) is 47.8 Å².